The number of carbonyl (C=O) groups excluding carboxylic acids is 1. The molecule has 1 N–H and O–H groups in total. The fourth-order valence-corrected chi connectivity index (χ4v) is 2.91. The molecule has 1 fully saturated rings. The van der Waals surface area contributed by atoms with Crippen molar-refractivity contribution in [3.8, 4) is 11.5 Å². The molecule has 112 valence electrons. The molecule has 2 aromatic heterocycles. The fraction of sp³-hybridized carbons (Fsp3) is 0.462. The smallest absolute Gasteiger partial charge is 0.258 e. The summed E-state index contributed by atoms with van der Waals surface area (Å²) in [5, 5.41) is 16.8. The van der Waals surface area contributed by atoms with Crippen LogP contribution in [0.5, 0.6) is 0 Å². The third kappa shape index (κ3) is 3.29. The van der Waals surface area contributed by atoms with Gasteiger partial charge in [0.2, 0.25) is 5.91 Å². The molecular formula is C13H16N4O3S. The van der Waals surface area contributed by atoms with E-state index in [9.17, 15) is 4.79 Å². The molecule has 2 aromatic rings. The van der Waals surface area contributed by atoms with Gasteiger partial charge in [-0.25, -0.2) is 0 Å². The Morgan fingerprint density at radius 1 is 1.38 bits per heavy atom. The molecule has 0 aromatic carbocycles. The van der Waals surface area contributed by atoms with Gasteiger partial charge in [-0.15, -0.1) is 0 Å². The first kappa shape index (κ1) is 14.2. The van der Waals surface area contributed by atoms with Gasteiger partial charge in [0.15, 0.2) is 5.82 Å². The van der Waals surface area contributed by atoms with E-state index in [0.29, 0.717) is 31.3 Å². The average molecular weight is 308 g/mol. The van der Waals surface area contributed by atoms with Gasteiger partial charge in [-0.05, 0) is 11.4 Å². The van der Waals surface area contributed by atoms with Crippen molar-refractivity contribution in [1.29, 1.82) is 0 Å². The van der Waals surface area contributed by atoms with E-state index in [0.717, 1.165) is 18.7 Å². The molecular weight excluding hydrogens is 292 g/mol. The second-order valence-electron chi connectivity index (χ2n) is 4.84. The highest BCUT2D eigenvalue weighted by Gasteiger charge is 2.21. The molecule has 21 heavy (non-hydrogen) atoms. The Morgan fingerprint density at radius 3 is 2.86 bits per heavy atom. The summed E-state index contributed by atoms with van der Waals surface area (Å²) in [5.41, 5.74) is 0.942. The summed E-state index contributed by atoms with van der Waals surface area (Å²) in [7, 11) is 0. The second-order valence-corrected chi connectivity index (χ2v) is 5.62. The van der Waals surface area contributed by atoms with Crippen LogP contribution in [-0.2, 0) is 11.3 Å². The normalized spacial score (nSPS) is 16.3. The summed E-state index contributed by atoms with van der Waals surface area (Å²) in [4.78, 5) is 19.6. The van der Waals surface area contributed by atoms with E-state index in [1.807, 2.05) is 16.8 Å². The standard InChI is InChI=1S/C13H16N4O3S/c18-8-12(19)17-4-2-16(3-5-17)7-11-14-13(20-15-11)10-1-6-21-9-10/h1,6,9,18H,2-5,7-8H2. The predicted molar refractivity (Wildman–Crippen MR) is 76.6 cm³/mol. The molecule has 0 saturated carbocycles. The number of aliphatic hydroxyl groups is 1. The Bertz CT molecular complexity index is 590. The van der Waals surface area contributed by atoms with Gasteiger partial charge in [-0.2, -0.15) is 16.3 Å². The summed E-state index contributed by atoms with van der Waals surface area (Å²) in [6, 6.07) is 1.95. The van der Waals surface area contributed by atoms with Crippen LogP contribution in [0.3, 0.4) is 0 Å². The number of rotatable bonds is 4. The zero-order chi connectivity index (χ0) is 14.7. The van der Waals surface area contributed by atoms with E-state index in [1.165, 1.54) is 0 Å². The minimum atomic E-state index is -0.422. The summed E-state index contributed by atoms with van der Waals surface area (Å²) >= 11 is 1.59. The van der Waals surface area contributed by atoms with Crippen molar-refractivity contribution in [3.63, 3.8) is 0 Å². The molecule has 1 aliphatic rings. The Morgan fingerprint density at radius 2 is 2.19 bits per heavy atom. The predicted octanol–water partition coefficient (Wildman–Crippen LogP) is 0.435. The zero-order valence-corrected chi connectivity index (χ0v) is 12.3. The Hall–Kier alpha value is -1.77. The van der Waals surface area contributed by atoms with Gasteiger partial charge in [0.25, 0.3) is 5.89 Å². The first-order chi connectivity index (χ1) is 10.3. The number of nitrogens with zero attached hydrogens (tertiary/aromatic N) is 4. The number of amides is 1. The van der Waals surface area contributed by atoms with Crippen LogP contribution in [0.2, 0.25) is 0 Å². The maximum absolute atomic E-state index is 11.4. The van der Waals surface area contributed by atoms with Gasteiger partial charge in [-0.3, -0.25) is 9.69 Å². The monoisotopic (exact) mass is 308 g/mol. The van der Waals surface area contributed by atoms with Crippen LogP contribution in [0.25, 0.3) is 11.5 Å². The van der Waals surface area contributed by atoms with Gasteiger partial charge < -0.3 is 14.5 Å². The minimum Gasteiger partial charge on any atom is -0.387 e. The number of piperazine rings is 1. The lowest BCUT2D eigenvalue weighted by Gasteiger charge is -2.33. The number of hydrogen-bond donors (Lipinski definition) is 1. The van der Waals surface area contributed by atoms with Crippen molar-refractivity contribution >= 4 is 17.2 Å². The van der Waals surface area contributed by atoms with Gasteiger partial charge in [0.1, 0.15) is 6.61 Å². The highest BCUT2D eigenvalue weighted by molar-refractivity contribution is 7.08. The van der Waals surface area contributed by atoms with Crippen LogP contribution in [0.15, 0.2) is 21.3 Å². The lowest BCUT2D eigenvalue weighted by atomic mass is 10.3. The van der Waals surface area contributed by atoms with Gasteiger partial charge in [0, 0.05) is 31.6 Å². The van der Waals surface area contributed by atoms with Crippen molar-refractivity contribution < 1.29 is 14.4 Å². The molecule has 0 atom stereocenters. The summed E-state index contributed by atoms with van der Waals surface area (Å²) in [5.74, 6) is 0.979. The van der Waals surface area contributed by atoms with Crippen LogP contribution in [0.4, 0.5) is 0 Å². The van der Waals surface area contributed by atoms with E-state index >= 15 is 0 Å². The molecule has 0 radical (unpaired) electrons. The number of aliphatic hydroxyl groups excluding tert-OH is 1. The number of hydrogen-bond acceptors (Lipinski definition) is 7. The maximum Gasteiger partial charge on any atom is 0.258 e. The van der Waals surface area contributed by atoms with Crippen LogP contribution >= 0.6 is 11.3 Å². The Labute approximate surface area is 125 Å². The van der Waals surface area contributed by atoms with E-state index in [1.54, 1.807) is 16.2 Å². The molecule has 0 unspecified atom stereocenters. The summed E-state index contributed by atoms with van der Waals surface area (Å²) < 4.78 is 5.25. The van der Waals surface area contributed by atoms with E-state index in [2.05, 4.69) is 15.0 Å². The lowest BCUT2D eigenvalue weighted by Crippen LogP contribution is -2.49. The van der Waals surface area contributed by atoms with Crippen LogP contribution in [0.1, 0.15) is 5.82 Å². The third-order valence-corrected chi connectivity index (χ3v) is 4.14. The summed E-state index contributed by atoms with van der Waals surface area (Å²) in [6.45, 7) is 2.91. The topological polar surface area (TPSA) is 82.7 Å². The Kier molecular flexibility index (Phi) is 4.28. The minimum absolute atomic E-state index is 0.214. The van der Waals surface area contributed by atoms with E-state index in [-0.39, 0.29) is 5.91 Å². The zero-order valence-electron chi connectivity index (χ0n) is 11.4. The van der Waals surface area contributed by atoms with Crippen LogP contribution < -0.4 is 0 Å². The second kappa shape index (κ2) is 6.33. The van der Waals surface area contributed by atoms with Gasteiger partial charge in [-0.1, -0.05) is 5.16 Å². The van der Waals surface area contributed by atoms with E-state index < -0.39 is 6.61 Å². The number of thiophene rings is 1. The molecule has 1 amide bonds. The quantitative estimate of drug-likeness (QED) is 0.882. The molecule has 3 heterocycles. The maximum atomic E-state index is 11.4. The van der Waals surface area contributed by atoms with E-state index in [4.69, 9.17) is 9.63 Å². The fourth-order valence-electron chi connectivity index (χ4n) is 2.28. The molecule has 3 rings (SSSR count). The first-order valence-electron chi connectivity index (χ1n) is 6.72. The molecule has 1 aliphatic heterocycles. The highest BCUT2D eigenvalue weighted by Crippen LogP contribution is 2.20. The van der Waals surface area contributed by atoms with Crippen molar-refractivity contribution in [2.75, 3.05) is 32.8 Å². The molecule has 0 bridgehead atoms. The van der Waals surface area contributed by atoms with Crippen LogP contribution in [0, 0.1) is 0 Å². The average Bonchev–Trinajstić information content (AvgIpc) is 3.18. The highest BCUT2D eigenvalue weighted by atomic mass is 32.1. The van der Waals surface area contributed by atoms with Crippen molar-refractivity contribution in [2.24, 2.45) is 0 Å². The SMILES string of the molecule is O=C(CO)N1CCN(Cc2noc(-c3ccsc3)n2)CC1. The lowest BCUT2D eigenvalue weighted by molar-refractivity contribution is -0.136. The molecule has 7 nitrogen and oxygen atoms in total. The molecule has 1 saturated heterocycles. The van der Waals surface area contributed by atoms with Crippen molar-refractivity contribution in [2.45, 2.75) is 6.54 Å². The summed E-state index contributed by atoms with van der Waals surface area (Å²) in [6.07, 6.45) is 0. The Balaban J connectivity index is 1.55. The van der Waals surface area contributed by atoms with Crippen molar-refractivity contribution in [3.05, 3.63) is 22.7 Å². The van der Waals surface area contributed by atoms with Crippen molar-refractivity contribution in [1.82, 2.24) is 19.9 Å². The van der Waals surface area contributed by atoms with Gasteiger partial charge >= 0.3 is 0 Å². The van der Waals surface area contributed by atoms with Crippen LogP contribution in [-0.4, -0.2) is 63.7 Å². The molecule has 0 spiro atoms. The molecule has 8 heteroatoms. The third-order valence-electron chi connectivity index (χ3n) is 3.46. The number of aromatic nitrogens is 2. The number of carbonyl (C=O) groups is 1. The molecule has 0 aliphatic carbocycles. The van der Waals surface area contributed by atoms with Gasteiger partial charge in [0.05, 0.1) is 12.1 Å². The largest absolute Gasteiger partial charge is 0.387 e. The first-order valence-corrected chi connectivity index (χ1v) is 7.66.